The molecule has 0 aromatic heterocycles. The largest absolute Gasteiger partial charge is 0.391 e. The molecule has 80 valence electrons. The Labute approximate surface area is 94.3 Å². The summed E-state index contributed by atoms with van der Waals surface area (Å²) in [5.41, 5.74) is 1.23. The quantitative estimate of drug-likeness (QED) is 0.826. The Morgan fingerprint density at radius 2 is 2.33 bits per heavy atom. The molecule has 0 aliphatic carbocycles. The lowest BCUT2D eigenvalue weighted by Gasteiger charge is -2.11. The highest BCUT2D eigenvalue weighted by atomic mass is 35.5. The van der Waals surface area contributed by atoms with Crippen molar-refractivity contribution in [2.45, 2.75) is 19.4 Å². The van der Waals surface area contributed by atoms with Gasteiger partial charge in [-0.1, -0.05) is 18.5 Å². The van der Waals surface area contributed by atoms with E-state index in [4.69, 9.17) is 16.9 Å². The van der Waals surface area contributed by atoms with Gasteiger partial charge in [-0.2, -0.15) is 5.26 Å². The number of anilines is 1. The van der Waals surface area contributed by atoms with E-state index in [1.165, 1.54) is 0 Å². The predicted octanol–water partition coefficient (Wildman–Crippen LogP) is 2.39. The van der Waals surface area contributed by atoms with Crippen LogP contribution in [-0.2, 0) is 0 Å². The van der Waals surface area contributed by atoms with E-state index in [0.29, 0.717) is 29.2 Å². The molecule has 3 nitrogen and oxygen atoms in total. The van der Waals surface area contributed by atoms with Gasteiger partial charge < -0.3 is 10.4 Å². The van der Waals surface area contributed by atoms with Crippen molar-refractivity contribution in [2.24, 2.45) is 0 Å². The third-order valence-corrected chi connectivity index (χ3v) is 2.42. The first kappa shape index (κ1) is 11.8. The molecule has 1 aromatic rings. The van der Waals surface area contributed by atoms with E-state index in [0.717, 1.165) is 0 Å². The first-order chi connectivity index (χ1) is 7.17. The summed E-state index contributed by atoms with van der Waals surface area (Å²) >= 11 is 5.93. The molecule has 1 aromatic carbocycles. The van der Waals surface area contributed by atoms with E-state index in [-0.39, 0.29) is 0 Å². The van der Waals surface area contributed by atoms with Crippen LogP contribution in [0.3, 0.4) is 0 Å². The zero-order valence-corrected chi connectivity index (χ0v) is 9.25. The summed E-state index contributed by atoms with van der Waals surface area (Å²) in [6.07, 6.45) is 0.287. The summed E-state index contributed by atoms with van der Waals surface area (Å²) < 4.78 is 0. The van der Waals surface area contributed by atoms with Gasteiger partial charge in [-0.3, -0.25) is 0 Å². The molecule has 1 atom stereocenters. The van der Waals surface area contributed by atoms with Gasteiger partial charge in [0, 0.05) is 6.54 Å². The van der Waals surface area contributed by atoms with E-state index in [1.807, 2.05) is 13.0 Å². The van der Waals surface area contributed by atoms with Crippen LogP contribution in [0, 0.1) is 11.3 Å². The van der Waals surface area contributed by atoms with Gasteiger partial charge in [0.05, 0.1) is 28.4 Å². The summed E-state index contributed by atoms with van der Waals surface area (Å²) in [5.74, 6) is 0. The van der Waals surface area contributed by atoms with Gasteiger partial charge in [0.15, 0.2) is 0 Å². The Kier molecular flexibility index (Phi) is 4.41. The van der Waals surface area contributed by atoms with Crippen molar-refractivity contribution in [1.29, 1.82) is 5.26 Å². The van der Waals surface area contributed by atoms with Crippen LogP contribution in [0.5, 0.6) is 0 Å². The highest BCUT2D eigenvalue weighted by molar-refractivity contribution is 6.33. The molecule has 0 spiro atoms. The Balaban J connectivity index is 2.72. The molecular formula is C11H13ClN2O. The molecule has 1 rings (SSSR count). The van der Waals surface area contributed by atoms with Gasteiger partial charge in [-0.25, -0.2) is 0 Å². The maximum atomic E-state index is 9.37. The molecule has 0 fully saturated rings. The topological polar surface area (TPSA) is 56.0 Å². The van der Waals surface area contributed by atoms with E-state index >= 15 is 0 Å². The lowest BCUT2D eigenvalue weighted by Crippen LogP contribution is -2.18. The van der Waals surface area contributed by atoms with Gasteiger partial charge >= 0.3 is 0 Å². The molecular weight excluding hydrogens is 212 g/mol. The number of nitrogens with zero attached hydrogens (tertiary/aromatic N) is 1. The van der Waals surface area contributed by atoms with E-state index in [2.05, 4.69) is 5.32 Å². The minimum absolute atomic E-state index is 0.396. The van der Waals surface area contributed by atoms with Crippen LogP contribution in [0.15, 0.2) is 18.2 Å². The van der Waals surface area contributed by atoms with Crippen LogP contribution < -0.4 is 5.32 Å². The second kappa shape index (κ2) is 5.59. The van der Waals surface area contributed by atoms with Crippen LogP contribution in [0.2, 0.25) is 5.02 Å². The normalized spacial score (nSPS) is 11.9. The van der Waals surface area contributed by atoms with Crippen LogP contribution in [0.4, 0.5) is 5.69 Å². The highest BCUT2D eigenvalue weighted by Crippen LogP contribution is 2.22. The van der Waals surface area contributed by atoms with Gasteiger partial charge in [0.1, 0.15) is 0 Å². The molecule has 0 bridgehead atoms. The van der Waals surface area contributed by atoms with Crippen molar-refractivity contribution in [1.82, 2.24) is 0 Å². The third-order valence-electron chi connectivity index (χ3n) is 2.09. The summed E-state index contributed by atoms with van der Waals surface area (Å²) in [7, 11) is 0. The SMILES string of the molecule is CCC(O)CNc1cc(C#N)ccc1Cl. The molecule has 1 unspecified atom stereocenters. The summed E-state index contributed by atoms with van der Waals surface area (Å²) in [6.45, 7) is 2.34. The Morgan fingerprint density at radius 3 is 2.93 bits per heavy atom. The van der Waals surface area contributed by atoms with E-state index in [1.54, 1.807) is 18.2 Å². The highest BCUT2D eigenvalue weighted by Gasteiger charge is 2.04. The summed E-state index contributed by atoms with van der Waals surface area (Å²) in [6, 6.07) is 7.03. The van der Waals surface area contributed by atoms with Crippen molar-refractivity contribution in [2.75, 3.05) is 11.9 Å². The minimum Gasteiger partial charge on any atom is -0.391 e. The maximum Gasteiger partial charge on any atom is 0.0992 e. The van der Waals surface area contributed by atoms with Gasteiger partial charge in [-0.15, -0.1) is 0 Å². The average Bonchev–Trinajstić information content (AvgIpc) is 2.27. The number of aliphatic hydroxyl groups is 1. The summed E-state index contributed by atoms with van der Waals surface area (Å²) in [4.78, 5) is 0. The number of benzene rings is 1. The zero-order chi connectivity index (χ0) is 11.3. The molecule has 0 heterocycles. The number of halogens is 1. The lowest BCUT2D eigenvalue weighted by atomic mass is 10.2. The fraction of sp³-hybridized carbons (Fsp3) is 0.364. The average molecular weight is 225 g/mol. The molecule has 0 aliphatic heterocycles. The number of nitriles is 1. The van der Waals surface area contributed by atoms with Crippen molar-refractivity contribution >= 4 is 17.3 Å². The number of hydrogen-bond acceptors (Lipinski definition) is 3. The van der Waals surface area contributed by atoms with Gasteiger partial charge in [0.2, 0.25) is 0 Å². The number of rotatable bonds is 4. The van der Waals surface area contributed by atoms with Crippen molar-refractivity contribution in [3.8, 4) is 6.07 Å². The third kappa shape index (κ3) is 3.43. The Hall–Kier alpha value is -1.24. The fourth-order valence-corrected chi connectivity index (χ4v) is 1.29. The van der Waals surface area contributed by atoms with Crippen molar-refractivity contribution < 1.29 is 5.11 Å². The monoisotopic (exact) mass is 224 g/mol. The van der Waals surface area contributed by atoms with E-state index < -0.39 is 6.10 Å². The molecule has 0 aliphatic rings. The molecule has 15 heavy (non-hydrogen) atoms. The zero-order valence-electron chi connectivity index (χ0n) is 8.50. The number of hydrogen-bond donors (Lipinski definition) is 2. The fourth-order valence-electron chi connectivity index (χ4n) is 1.10. The van der Waals surface area contributed by atoms with Crippen LogP contribution in [0.25, 0.3) is 0 Å². The standard InChI is InChI=1S/C11H13ClN2O/c1-2-9(15)7-14-11-5-8(6-13)3-4-10(11)12/h3-5,9,14-15H,2,7H2,1H3. The Bertz CT molecular complexity index is 373. The van der Waals surface area contributed by atoms with Crippen LogP contribution in [0.1, 0.15) is 18.9 Å². The van der Waals surface area contributed by atoms with Gasteiger partial charge in [0.25, 0.3) is 0 Å². The number of nitrogens with one attached hydrogen (secondary N) is 1. The summed E-state index contributed by atoms with van der Waals surface area (Å²) in [5, 5.41) is 21.6. The molecule has 0 amide bonds. The van der Waals surface area contributed by atoms with E-state index in [9.17, 15) is 5.11 Å². The lowest BCUT2D eigenvalue weighted by molar-refractivity contribution is 0.183. The minimum atomic E-state index is -0.396. The first-order valence-electron chi connectivity index (χ1n) is 4.79. The van der Waals surface area contributed by atoms with Crippen LogP contribution in [-0.4, -0.2) is 17.8 Å². The van der Waals surface area contributed by atoms with Gasteiger partial charge in [-0.05, 0) is 24.6 Å². The van der Waals surface area contributed by atoms with Crippen LogP contribution >= 0.6 is 11.6 Å². The number of aliphatic hydroxyl groups excluding tert-OH is 1. The Morgan fingerprint density at radius 1 is 1.60 bits per heavy atom. The second-order valence-electron chi connectivity index (χ2n) is 3.25. The van der Waals surface area contributed by atoms with Crippen molar-refractivity contribution in [3.63, 3.8) is 0 Å². The molecule has 0 radical (unpaired) electrons. The maximum absolute atomic E-state index is 9.37. The predicted molar refractivity (Wildman–Crippen MR) is 61.0 cm³/mol. The molecule has 4 heteroatoms. The van der Waals surface area contributed by atoms with Crippen molar-refractivity contribution in [3.05, 3.63) is 28.8 Å². The molecule has 0 saturated carbocycles. The molecule has 2 N–H and O–H groups in total. The molecule has 0 saturated heterocycles. The smallest absolute Gasteiger partial charge is 0.0992 e. The second-order valence-corrected chi connectivity index (χ2v) is 3.66. The first-order valence-corrected chi connectivity index (χ1v) is 5.16.